The van der Waals surface area contributed by atoms with E-state index in [4.69, 9.17) is 5.11 Å². The van der Waals surface area contributed by atoms with Crippen molar-refractivity contribution in [3.05, 3.63) is 41.1 Å². The first kappa shape index (κ1) is 12.2. The standard InChI is InChI=1S/C13H16N2OS/c1-9-6-12(5-4-11(9)8-16)17-13-7-10(2)14-15(13)3/h4-7,16H,8H2,1-3H3. The first-order valence-corrected chi connectivity index (χ1v) is 6.30. The highest BCUT2D eigenvalue weighted by Gasteiger charge is 2.05. The second-order valence-electron chi connectivity index (χ2n) is 4.10. The maximum atomic E-state index is 9.13. The van der Waals surface area contributed by atoms with Crippen molar-refractivity contribution in [2.45, 2.75) is 30.4 Å². The van der Waals surface area contributed by atoms with Crippen LogP contribution in [0.5, 0.6) is 0 Å². The highest BCUT2D eigenvalue weighted by molar-refractivity contribution is 7.99. The Balaban J connectivity index is 2.24. The van der Waals surface area contributed by atoms with E-state index in [1.54, 1.807) is 11.8 Å². The third-order valence-electron chi connectivity index (χ3n) is 2.67. The number of benzene rings is 1. The van der Waals surface area contributed by atoms with Crippen LogP contribution in [0, 0.1) is 13.8 Å². The fourth-order valence-corrected chi connectivity index (χ4v) is 2.73. The number of hydrogen-bond acceptors (Lipinski definition) is 3. The fourth-order valence-electron chi connectivity index (χ4n) is 1.71. The summed E-state index contributed by atoms with van der Waals surface area (Å²) in [6.45, 7) is 4.11. The van der Waals surface area contributed by atoms with E-state index in [2.05, 4.69) is 17.2 Å². The molecule has 0 amide bonds. The van der Waals surface area contributed by atoms with Crippen LogP contribution in [0.3, 0.4) is 0 Å². The number of aliphatic hydroxyl groups excluding tert-OH is 1. The van der Waals surface area contributed by atoms with Gasteiger partial charge in [-0.3, -0.25) is 4.68 Å². The molecule has 4 heteroatoms. The average Bonchev–Trinajstić information content (AvgIpc) is 2.58. The van der Waals surface area contributed by atoms with Crippen LogP contribution in [0.15, 0.2) is 34.2 Å². The number of aryl methyl sites for hydroxylation is 3. The molecule has 0 atom stereocenters. The van der Waals surface area contributed by atoms with Gasteiger partial charge in [0.1, 0.15) is 0 Å². The Kier molecular flexibility index (Phi) is 3.54. The predicted octanol–water partition coefficient (Wildman–Crippen LogP) is 2.68. The van der Waals surface area contributed by atoms with Crippen molar-refractivity contribution in [1.82, 2.24) is 9.78 Å². The van der Waals surface area contributed by atoms with E-state index in [0.29, 0.717) is 0 Å². The molecule has 1 N–H and O–H groups in total. The largest absolute Gasteiger partial charge is 0.392 e. The van der Waals surface area contributed by atoms with Crippen LogP contribution in [0.1, 0.15) is 16.8 Å². The predicted molar refractivity (Wildman–Crippen MR) is 69.2 cm³/mol. The number of nitrogens with zero attached hydrogens (tertiary/aromatic N) is 2. The van der Waals surface area contributed by atoms with Gasteiger partial charge in [-0.2, -0.15) is 5.10 Å². The molecule has 90 valence electrons. The van der Waals surface area contributed by atoms with Gasteiger partial charge in [0.15, 0.2) is 0 Å². The van der Waals surface area contributed by atoms with Crippen LogP contribution in [0.25, 0.3) is 0 Å². The maximum Gasteiger partial charge on any atom is 0.0986 e. The lowest BCUT2D eigenvalue weighted by atomic mass is 10.1. The molecule has 2 aromatic rings. The van der Waals surface area contributed by atoms with E-state index in [1.165, 1.54) is 4.90 Å². The molecule has 0 aliphatic carbocycles. The summed E-state index contributed by atoms with van der Waals surface area (Å²) in [6.07, 6.45) is 0. The summed E-state index contributed by atoms with van der Waals surface area (Å²) in [7, 11) is 1.95. The zero-order valence-electron chi connectivity index (χ0n) is 10.3. The van der Waals surface area contributed by atoms with E-state index < -0.39 is 0 Å². The summed E-state index contributed by atoms with van der Waals surface area (Å²) in [5.74, 6) is 0. The lowest BCUT2D eigenvalue weighted by Crippen LogP contribution is -1.93. The molecule has 0 radical (unpaired) electrons. The van der Waals surface area contributed by atoms with Crippen molar-refractivity contribution in [1.29, 1.82) is 0 Å². The Hall–Kier alpha value is -1.26. The average molecular weight is 248 g/mol. The van der Waals surface area contributed by atoms with Crippen molar-refractivity contribution < 1.29 is 5.11 Å². The minimum atomic E-state index is 0.0988. The number of aromatic nitrogens is 2. The Bertz CT molecular complexity index is 534. The molecule has 2 rings (SSSR count). The van der Waals surface area contributed by atoms with E-state index in [0.717, 1.165) is 21.8 Å². The minimum Gasteiger partial charge on any atom is -0.392 e. The van der Waals surface area contributed by atoms with Crippen LogP contribution >= 0.6 is 11.8 Å². The summed E-state index contributed by atoms with van der Waals surface area (Å²) in [4.78, 5) is 1.17. The molecule has 1 aromatic carbocycles. The SMILES string of the molecule is Cc1cc(Sc2ccc(CO)c(C)c2)n(C)n1. The number of rotatable bonds is 3. The molecule has 0 saturated carbocycles. The summed E-state index contributed by atoms with van der Waals surface area (Å²) < 4.78 is 1.88. The van der Waals surface area contributed by atoms with Crippen molar-refractivity contribution in [2.24, 2.45) is 7.05 Å². The van der Waals surface area contributed by atoms with Gasteiger partial charge in [-0.05, 0) is 43.2 Å². The summed E-state index contributed by atoms with van der Waals surface area (Å²) >= 11 is 1.69. The highest BCUT2D eigenvalue weighted by Crippen LogP contribution is 2.29. The Morgan fingerprint density at radius 3 is 2.59 bits per heavy atom. The molecule has 3 nitrogen and oxygen atoms in total. The Morgan fingerprint density at radius 1 is 1.29 bits per heavy atom. The summed E-state index contributed by atoms with van der Waals surface area (Å²) in [5, 5.41) is 14.6. The van der Waals surface area contributed by atoms with Gasteiger partial charge in [-0.15, -0.1) is 0 Å². The van der Waals surface area contributed by atoms with Crippen molar-refractivity contribution in [2.75, 3.05) is 0 Å². The molecule has 0 bridgehead atoms. The van der Waals surface area contributed by atoms with Gasteiger partial charge in [-0.1, -0.05) is 17.8 Å². The van der Waals surface area contributed by atoms with Gasteiger partial charge in [0.2, 0.25) is 0 Å². The topological polar surface area (TPSA) is 38.0 Å². The molecule has 0 fully saturated rings. The monoisotopic (exact) mass is 248 g/mol. The lowest BCUT2D eigenvalue weighted by Gasteiger charge is -2.06. The Morgan fingerprint density at radius 2 is 2.06 bits per heavy atom. The third kappa shape index (κ3) is 2.70. The van der Waals surface area contributed by atoms with Gasteiger partial charge >= 0.3 is 0 Å². The normalized spacial score (nSPS) is 10.8. The Labute approximate surface area is 105 Å². The molecule has 0 aliphatic rings. The molecule has 0 aliphatic heterocycles. The first-order chi connectivity index (χ1) is 8.10. The highest BCUT2D eigenvalue weighted by atomic mass is 32.2. The third-order valence-corrected chi connectivity index (χ3v) is 3.75. The molecule has 0 spiro atoms. The van der Waals surface area contributed by atoms with Crippen LogP contribution < -0.4 is 0 Å². The van der Waals surface area contributed by atoms with Crippen molar-refractivity contribution in [3.63, 3.8) is 0 Å². The first-order valence-electron chi connectivity index (χ1n) is 5.49. The zero-order chi connectivity index (χ0) is 12.4. The smallest absolute Gasteiger partial charge is 0.0986 e. The van der Waals surface area contributed by atoms with Crippen LogP contribution in [0.4, 0.5) is 0 Å². The number of aliphatic hydroxyl groups is 1. The van der Waals surface area contributed by atoms with Crippen LogP contribution in [0.2, 0.25) is 0 Å². The van der Waals surface area contributed by atoms with Crippen LogP contribution in [-0.4, -0.2) is 14.9 Å². The molecular weight excluding hydrogens is 232 g/mol. The van der Waals surface area contributed by atoms with E-state index in [-0.39, 0.29) is 6.61 Å². The summed E-state index contributed by atoms with van der Waals surface area (Å²) in [5.41, 5.74) is 3.13. The van der Waals surface area contributed by atoms with Gasteiger partial charge < -0.3 is 5.11 Å². The lowest BCUT2D eigenvalue weighted by molar-refractivity contribution is 0.281. The second-order valence-corrected chi connectivity index (χ2v) is 5.19. The minimum absolute atomic E-state index is 0.0988. The molecule has 1 heterocycles. The van der Waals surface area contributed by atoms with Crippen molar-refractivity contribution in [3.8, 4) is 0 Å². The van der Waals surface area contributed by atoms with Gasteiger partial charge in [0.05, 0.1) is 17.3 Å². The molecule has 17 heavy (non-hydrogen) atoms. The fraction of sp³-hybridized carbons (Fsp3) is 0.308. The number of hydrogen-bond donors (Lipinski definition) is 1. The van der Waals surface area contributed by atoms with Gasteiger partial charge in [-0.25, -0.2) is 0 Å². The quantitative estimate of drug-likeness (QED) is 0.907. The van der Waals surface area contributed by atoms with E-state index in [9.17, 15) is 0 Å². The van der Waals surface area contributed by atoms with Gasteiger partial charge in [0.25, 0.3) is 0 Å². The zero-order valence-corrected chi connectivity index (χ0v) is 11.1. The maximum absolute atomic E-state index is 9.13. The molecule has 0 unspecified atom stereocenters. The van der Waals surface area contributed by atoms with E-state index in [1.807, 2.05) is 37.7 Å². The van der Waals surface area contributed by atoms with Gasteiger partial charge in [0, 0.05) is 11.9 Å². The van der Waals surface area contributed by atoms with Crippen LogP contribution in [-0.2, 0) is 13.7 Å². The summed E-state index contributed by atoms with van der Waals surface area (Å²) in [6, 6.07) is 8.17. The van der Waals surface area contributed by atoms with Crippen molar-refractivity contribution >= 4 is 11.8 Å². The molecule has 0 saturated heterocycles. The molecule has 1 aromatic heterocycles. The van der Waals surface area contributed by atoms with E-state index >= 15 is 0 Å². The second kappa shape index (κ2) is 4.94. The molecular formula is C13H16N2OS.